The summed E-state index contributed by atoms with van der Waals surface area (Å²) in [7, 11) is 0. The number of pyridine rings is 1. The summed E-state index contributed by atoms with van der Waals surface area (Å²) in [5.41, 5.74) is 5.48. The molecule has 2 heteroatoms. The first-order valence-corrected chi connectivity index (χ1v) is 7.03. The minimum absolute atomic E-state index is 0.103. The van der Waals surface area contributed by atoms with Crippen molar-refractivity contribution in [2.24, 2.45) is 0 Å². The second kappa shape index (κ2) is 5.41. The standard InChI is InChI=1S/C19H17NO/c1-13-17(15-9-5-3-6-10-15)20-18(14(2)19(13)21)16-11-7-4-8-12-16/h3-12H,1-2H3,(H,20,21). The quantitative estimate of drug-likeness (QED) is 0.742. The van der Waals surface area contributed by atoms with Crippen LogP contribution in [0.4, 0.5) is 0 Å². The van der Waals surface area contributed by atoms with Gasteiger partial charge in [0, 0.05) is 11.1 Å². The summed E-state index contributed by atoms with van der Waals surface area (Å²) in [6.45, 7) is 3.76. The minimum atomic E-state index is 0.103. The molecule has 2 aromatic carbocycles. The zero-order chi connectivity index (χ0) is 14.8. The van der Waals surface area contributed by atoms with Crippen molar-refractivity contribution in [3.63, 3.8) is 0 Å². The van der Waals surface area contributed by atoms with Gasteiger partial charge < -0.3 is 4.98 Å². The first kappa shape index (κ1) is 13.4. The van der Waals surface area contributed by atoms with Crippen LogP contribution >= 0.6 is 0 Å². The molecule has 2 nitrogen and oxygen atoms in total. The zero-order valence-electron chi connectivity index (χ0n) is 12.2. The third-order valence-electron chi connectivity index (χ3n) is 3.81. The number of aromatic nitrogens is 1. The Bertz CT molecular complexity index is 751. The maximum atomic E-state index is 12.5. The molecule has 0 aliphatic carbocycles. The summed E-state index contributed by atoms with van der Waals surface area (Å²) < 4.78 is 0. The topological polar surface area (TPSA) is 32.9 Å². The third kappa shape index (κ3) is 2.40. The molecule has 0 spiro atoms. The molecule has 0 radical (unpaired) electrons. The molecule has 1 N–H and O–H groups in total. The lowest BCUT2D eigenvalue weighted by atomic mass is 10.00. The van der Waals surface area contributed by atoms with Crippen molar-refractivity contribution >= 4 is 0 Å². The van der Waals surface area contributed by atoms with Crippen molar-refractivity contribution in [1.82, 2.24) is 4.98 Å². The lowest BCUT2D eigenvalue weighted by Crippen LogP contribution is -2.14. The monoisotopic (exact) mass is 275 g/mol. The van der Waals surface area contributed by atoms with E-state index in [-0.39, 0.29) is 5.43 Å². The van der Waals surface area contributed by atoms with Crippen molar-refractivity contribution in [3.05, 3.63) is 82.0 Å². The zero-order valence-corrected chi connectivity index (χ0v) is 12.2. The molecule has 0 aliphatic heterocycles. The summed E-state index contributed by atoms with van der Waals surface area (Å²) in [6, 6.07) is 19.9. The number of nitrogens with one attached hydrogen (secondary N) is 1. The van der Waals surface area contributed by atoms with Crippen LogP contribution in [-0.4, -0.2) is 4.98 Å². The van der Waals surface area contributed by atoms with Gasteiger partial charge in [0.2, 0.25) is 0 Å². The molecule has 0 saturated carbocycles. The fraction of sp³-hybridized carbons (Fsp3) is 0.105. The highest BCUT2D eigenvalue weighted by atomic mass is 16.1. The van der Waals surface area contributed by atoms with Gasteiger partial charge in [-0.1, -0.05) is 60.7 Å². The number of aromatic amines is 1. The SMILES string of the molecule is Cc1c(-c2ccccc2)[nH]c(-c2ccccc2)c(C)c1=O. The molecule has 3 aromatic rings. The van der Waals surface area contributed by atoms with Crippen molar-refractivity contribution in [1.29, 1.82) is 0 Å². The van der Waals surface area contributed by atoms with E-state index in [2.05, 4.69) is 4.98 Å². The Kier molecular flexibility index (Phi) is 3.44. The van der Waals surface area contributed by atoms with Crippen LogP contribution in [-0.2, 0) is 0 Å². The summed E-state index contributed by atoms with van der Waals surface area (Å²) in [5, 5.41) is 0. The fourth-order valence-corrected chi connectivity index (χ4v) is 2.61. The van der Waals surface area contributed by atoms with Gasteiger partial charge in [0.15, 0.2) is 5.43 Å². The van der Waals surface area contributed by atoms with E-state index < -0.39 is 0 Å². The molecule has 0 amide bonds. The van der Waals surface area contributed by atoms with E-state index in [1.165, 1.54) is 0 Å². The van der Waals surface area contributed by atoms with E-state index in [1.54, 1.807) is 0 Å². The predicted octanol–water partition coefficient (Wildman–Crippen LogP) is 4.33. The van der Waals surface area contributed by atoms with Crippen LogP contribution in [0, 0.1) is 13.8 Å². The highest BCUT2D eigenvalue weighted by molar-refractivity contribution is 5.70. The summed E-state index contributed by atoms with van der Waals surface area (Å²) in [5.74, 6) is 0. The Balaban J connectivity index is 2.29. The van der Waals surface area contributed by atoms with E-state index in [1.807, 2.05) is 74.5 Å². The maximum Gasteiger partial charge on any atom is 0.188 e. The maximum absolute atomic E-state index is 12.5. The van der Waals surface area contributed by atoms with Gasteiger partial charge in [-0.25, -0.2) is 0 Å². The van der Waals surface area contributed by atoms with E-state index in [9.17, 15) is 4.79 Å². The van der Waals surface area contributed by atoms with Gasteiger partial charge in [-0.3, -0.25) is 4.79 Å². The van der Waals surface area contributed by atoms with E-state index in [0.717, 1.165) is 33.6 Å². The largest absolute Gasteiger partial charge is 0.354 e. The molecular formula is C19H17NO. The first-order chi connectivity index (χ1) is 10.2. The Labute approximate surface area is 124 Å². The third-order valence-corrected chi connectivity index (χ3v) is 3.81. The van der Waals surface area contributed by atoms with Crippen LogP contribution < -0.4 is 5.43 Å². The molecule has 0 atom stereocenters. The average Bonchev–Trinajstić information content (AvgIpc) is 2.55. The minimum Gasteiger partial charge on any atom is -0.354 e. The van der Waals surface area contributed by atoms with Crippen LogP contribution in [0.15, 0.2) is 65.5 Å². The van der Waals surface area contributed by atoms with E-state index in [0.29, 0.717) is 0 Å². The van der Waals surface area contributed by atoms with Crippen LogP contribution in [0.25, 0.3) is 22.5 Å². The lowest BCUT2D eigenvalue weighted by Gasteiger charge is -2.13. The van der Waals surface area contributed by atoms with Crippen molar-refractivity contribution < 1.29 is 0 Å². The molecule has 1 aromatic heterocycles. The number of hydrogen-bond acceptors (Lipinski definition) is 1. The van der Waals surface area contributed by atoms with Gasteiger partial charge in [0.25, 0.3) is 0 Å². The van der Waals surface area contributed by atoms with Crippen LogP contribution in [0.5, 0.6) is 0 Å². The van der Waals surface area contributed by atoms with Crippen LogP contribution in [0.2, 0.25) is 0 Å². The molecule has 0 unspecified atom stereocenters. The second-order valence-corrected chi connectivity index (χ2v) is 5.19. The fourth-order valence-electron chi connectivity index (χ4n) is 2.61. The average molecular weight is 275 g/mol. The van der Waals surface area contributed by atoms with Gasteiger partial charge in [0.1, 0.15) is 0 Å². The van der Waals surface area contributed by atoms with Gasteiger partial charge in [-0.15, -0.1) is 0 Å². The summed E-state index contributed by atoms with van der Waals surface area (Å²) in [4.78, 5) is 16.0. The summed E-state index contributed by atoms with van der Waals surface area (Å²) in [6.07, 6.45) is 0. The molecule has 21 heavy (non-hydrogen) atoms. The second-order valence-electron chi connectivity index (χ2n) is 5.19. The van der Waals surface area contributed by atoms with Crippen LogP contribution in [0.3, 0.4) is 0 Å². The van der Waals surface area contributed by atoms with Gasteiger partial charge in [-0.2, -0.15) is 0 Å². The summed E-state index contributed by atoms with van der Waals surface area (Å²) >= 11 is 0. The molecule has 0 aliphatic rings. The van der Waals surface area contributed by atoms with Gasteiger partial charge in [0.05, 0.1) is 11.4 Å². The highest BCUT2D eigenvalue weighted by Crippen LogP contribution is 2.25. The smallest absolute Gasteiger partial charge is 0.188 e. The highest BCUT2D eigenvalue weighted by Gasteiger charge is 2.13. The van der Waals surface area contributed by atoms with Gasteiger partial charge >= 0.3 is 0 Å². The Morgan fingerprint density at radius 2 is 1.05 bits per heavy atom. The van der Waals surface area contributed by atoms with Crippen LogP contribution in [0.1, 0.15) is 11.1 Å². The molecular weight excluding hydrogens is 258 g/mol. The Morgan fingerprint density at radius 1 is 0.667 bits per heavy atom. The van der Waals surface area contributed by atoms with E-state index >= 15 is 0 Å². The van der Waals surface area contributed by atoms with Crippen molar-refractivity contribution in [3.8, 4) is 22.5 Å². The molecule has 104 valence electrons. The van der Waals surface area contributed by atoms with Crippen molar-refractivity contribution in [2.75, 3.05) is 0 Å². The molecule has 0 saturated heterocycles. The normalized spacial score (nSPS) is 10.6. The number of benzene rings is 2. The number of H-pyrrole nitrogens is 1. The predicted molar refractivity (Wildman–Crippen MR) is 87.4 cm³/mol. The Morgan fingerprint density at radius 3 is 1.43 bits per heavy atom. The molecule has 0 fully saturated rings. The number of hydrogen-bond donors (Lipinski definition) is 1. The Hall–Kier alpha value is -2.61. The first-order valence-electron chi connectivity index (χ1n) is 7.03. The van der Waals surface area contributed by atoms with Gasteiger partial charge in [-0.05, 0) is 25.0 Å². The lowest BCUT2D eigenvalue weighted by molar-refractivity contribution is 1.19. The molecule has 3 rings (SSSR count). The molecule has 0 bridgehead atoms. The van der Waals surface area contributed by atoms with E-state index in [4.69, 9.17) is 0 Å². The number of rotatable bonds is 2. The van der Waals surface area contributed by atoms with Crippen molar-refractivity contribution in [2.45, 2.75) is 13.8 Å². The molecule has 1 heterocycles.